The molecule has 22 heavy (non-hydrogen) atoms. The van der Waals surface area contributed by atoms with Crippen LogP contribution in [0.5, 0.6) is 5.75 Å². The van der Waals surface area contributed by atoms with E-state index in [0.29, 0.717) is 25.7 Å². The molecule has 0 heterocycles. The molecule has 0 saturated heterocycles. The lowest BCUT2D eigenvalue weighted by molar-refractivity contribution is -0.116. The predicted molar refractivity (Wildman–Crippen MR) is 85.2 cm³/mol. The Bertz CT molecular complexity index is 512. The minimum Gasteiger partial charge on any atom is -0.494 e. The second-order valence-corrected chi connectivity index (χ2v) is 5.27. The van der Waals surface area contributed by atoms with Crippen LogP contribution in [0, 0.1) is 0 Å². The fourth-order valence-corrected chi connectivity index (χ4v) is 2.10. The van der Waals surface area contributed by atoms with E-state index >= 15 is 0 Å². The monoisotopic (exact) mass is 305 g/mol. The SMILES string of the molecule is CCOc1ccc(N(CCNC(=O)NC2CC2)C(C)=O)cc1. The highest BCUT2D eigenvalue weighted by Crippen LogP contribution is 2.20. The van der Waals surface area contributed by atoms with E-state index in [9.17, 15) is 9.59 Å². The first-order chi connectivity index (χ1) is 10.6. The second kappa shape index (κ2) is 7.68. The average molecular weight is 305 g/mol. The van der Waals surface area contributed by atoms with Crippen LogP contribution in [0.25, 0.3) is 0 Å². The van der Waals surface area contributed by atoms with Crippen LogP contribution in [0.2, 0.25) is 0 Å². The van der Waals surface area contributed by atoms with Gasteiger partial charge in [-0.25, -0.2) is 4.79 Å². The zero-order valence-corrected chi connectivity index (χ0v) is 13.1. The minimum atomic E-state index is -0.169. The number of nitrogens with one attached hydrogen (secondary N) is 2. The highest BCUT2D eigenvalue weighted by atomic mass is 16.5. The Morgan fingerprint density at radius 1 is 1.27 bits per heavy atom. The van der Waals surface area contributed by atoms with Gasteiger partial charge in [0, 0.05) is 31.7 Å². The van der Waals surface area contributed by atoms with Gasteiger partial charge in [0.15, 0.2) is 0 Å². The highest BCUT2D eigenvalue weighted by molar-refractivity contribution is 5.91. The van der Waals surface area contributed by atoms with Gasteiger partial charge >= 0.3 is 6.03 Å². The smallest absolute Gasteiger partial charge is 0.315 e. The topological polar surface area (TPSA) is 70.7 Å². The Morgan fingerprint density at radius 3 is 2.50 bits per heavy atom. The van der Waals surface area contributed by atoms with Crippen LogP contribution in [-0.2, 0) is 4.79 Å². The normalized spacial score (nSPS) is 13.4. The molecule has 3 amide bonds. The average Bonchev–Trinajstić information content (AvgIpc) is 3.28. The summed E-state index contributed by atoms with van der Waals surface area (Å²) in [6.07, 6.45) is 2.11. The molecule has 0 radical (unpaired) electrons. The molecule has 1 saturated carbocycles. The third-order valence-electron chi connectivity index (χ3n) is 3.37. The van der Waals surface area contributed by atoms with Crippen molar-refractivity contribution in [3.63, 3.8) is 0 Å². The second-order valence-electron chi connectivity index (χ2n) is 5.27. The van der Waals surface area contributed by atoms with E-state index in [1.54, 1.807) is 4.90 Å². The number of anilines is 1. The molecule has 1 aliphatic carbocycles. The van der Waals surface area contributed by atoms with Crippen molar-refractivity contribution < 1.29 is 14.3 Å². The molecule has 0 aromatic heterocycles. The number of carbonyl (C=O) groups is 2. The maximum absolute atomic E-state index is 11.8. The summed E-state index contributed by atoms with van der Waals surface area (Å²) in [5.74, 6) is 0.713. The van der Waals surface area contributed by atoms with Gasteiger partial charge < -0.3 is 20.3 Å². The molecule has 0 aliphatic heterocycles. The minimum absolute atomic E-state index is 0.0615. The molecular weight excluding hydrogens is 282 g/mol. The van der Waals surface area contributed by atoms with Crippen LogP contribution in [-0.4, -0.2) is 37.7 Å². The number of rotatable bonds is 7. The summed E-state index contributed by atoms with van der Waals surface area (Å²) in [5.41, 5.74) is 0.792. The van der Waals surface area contributed by atoms with E-state index in [2.05, 4.69) is 10.6 Å². The quantitative estimate of drug-likeness (QED) is 0.808. The Labute approximate surface area is 130 Å². The first-order valence-corrected chi connectivity index (χ1v) is 7.65. The zero-order valence-electron chi connectivity index (χ0n) is 13.1. The van der Waals surface area contributed by atoms with Gasteiger partial charge in [-0.15, -0.1) is 0 Å². The van der Waals surface area contributed by atoms with Crippen molar-refractivity contribution in [2.75, 3.05) is 24.6 Å². The van der Waals surface area contributed by atoms with Gasteiger partial charge in [-0.2, -0.15) is 0 Å². The Balaban J connectivity index is 1.85. The molecule has 0 unspecified atom stereocenters. The van der Waals surface area contributed by atoms with E-state index in [-0.39, 0.29) is 11.9 Å². The van der Waals surface area contributed by atoms with E-state index < -0.39 is 0 Å². The van der Waals surface area contributed by atoms with Crippen molar-refractivity contribution in [1.82, 2.24) is 10.6 Å². The van der Waals surface area contributed by atoms with Crippen LogP contribution in [0.1, 0.15) is 26.7 Å². The molecular formula is C16H23N3O3. The number of amides is 3. The largest absolute Gasteiger partial charge is 0.494 e. The molecule has 2 N–H and O–H groups in total. The summed E-state index contributed by atoms with van der Waals surface area (Å²) < 4.78 is 5.39. The lowest BCUT2D eigenvalue weighted by atomic mass is 10.2. The van der Waals surface area contributed by atoms with E-state index in [0.717, 1.165) is 24.3 Å². The molecule has 1 aromatic rings. The Morgan fingerprint density at radius 2 is 1.95 bits per heavy atom. The summed E-state index contributed by atoms with van der Waals surface area (Å²) in [7, 11) is 0. The van der Waals surface area contributed by atoms with Crippen molar-refractivity contribution in [3.05, 3.63) is 24.3 Å². The molecule has 0 spiro atoms. The number of ether oxygens (including phenoxy) is 1. The molecule has 1 aliphatic rings. The van der Waals surface area contributed by atoms with Crippen LogP contribution in [0.15, 0.2) is 24.3 Å². The summed E-state index contributed by atoms with van der Waals surface area (Å²) in [6, 6.07) is 7.52. The predicted octanol–water partition coefficient (Wildman–Crippen LogP) is 1.90. The summed E-state index contributed by atoms with van der Waals surface area (Å²) in [5, 5.41) is 5.62. The van der Waals surface area contributed by atoms with Crippen molar-refractivity contribution in [1.29, 1.82) is 0 Å². The van der Waals surface area contributed by atoms with Crippen LogP contribution in [0.3, 0.4) is 0 Å². The molecule has 1 aromatic carbocycles. The fraction of sp³-hybridized carbons (Fsp3) is 0.500. The van der Waals surface area contributed by atoms with Gasteiger partial charge in [-0.1, -0.05) is 0 Å². The summed E-state index contributed by atoms with van der Waals surface area (Å²) in [4.78, 5) is 25.0. The lowest BCUT2D eigenvalue weighted by Crippen LogP contribution is -2.42. The van der Waals surface area contributed by atoms with E-state index in [4.69, 9.17) is 4.74 Å². The van der Waals surface area contributed by atoms with Gasteiger partial charge in [0.1, 0.15) is 5.75 Å². The number of hydrogen-bond donors (Lipinski definition) is 2. The van der Waals surface area contributed by atoms with Crippen molar-refractivity contribution >= 4 is 17.6 Å². The zero-order chi connectivity index (χ0) is 15.9. The van der Waals surface area contributed by atoms with Crippen LogP contribution < -0.4 is 20.3 Å². The lowest BCUT2D eigenvalue weighted by Gasteiger charge is -2.21. The molecule has 120 valence electrons. The molecule has 6 nitrogen and oxygen atoms in total. The third-order valence-corrected chi connectivity index (χ3v) is 3.37. The summed E-state index contributed by atoms with van der Waals surface area (Å²) >= 11 is 0. The van der Waals surface area contributed by atoms with Crippen molar-refractivity contribution in [3.8, 4) is 5.75 Å². The van der Waals surface area contributed by atoms with E-state index in [1.165, 1.54) is 6.92 Å². The molecule has 0 atom stereocenters. The Kier molecular flexibility index (Phi) is 5.63. The first kappa shape index (κ1) is 16.1. The van der Waals surface area contributed by atoms with Gasteiger partial charge in [0.25, 0.3) is 0 Å². The van der Waals surface area contributed by atoms with Crippen molar-refractivity contribution in [2.24, 2.45) is 0 Å². The number of hydrogen-bond acceptors (Lipinski definition) is 3. The highest BCUT2D eigenvalue weighted by Gasteiger charge is 2.23. The summed E-state index contributed by atoms with van der Waals surface area (Å²) in [6.45, 7) is 4.89. The van der Waals surface area contributed by atoms with Gasteiger partial charge in [-0.3, -0.25) is 4.79 Å². The van der Waals surface area contributed by atoms with Gasteiger partial charge in [0.2, 0.25) is 5.91 Å². The Hall–Kier alpha value is -2.24. The number of carbonyl (C=O) groups excluding carboxylic acids is 2. The fourth-order valence-electron chi connectivity index (χ4n) is 2.10. The van der Waals surface area contributed by atoms with Crippen molar-refractivity contribution in [2.45, 2.75) is 32.7 Å². The molecule has 0 bridgehead atoms. The first-order valence-electron chi connectivity index (χ1n) is 7.65. The molecule has 2 rings (SSSR count). The van der Waals surface area contributed by atoms with Gasteiger partial charge in [-0.05, 0) is 44.0 Å². The molecule has 1 fully saturated rings. The maximum Gasteiger partial charge on any atom is 0.315 e. The molecule has 6 heteroatoms. The van der Waals surface area contributed by atoms with Crippen LogP contribution in [0.4, 0.5) is 10.5 Å². The standard InChI is InChI=1S/C16H23N3O3/c1-3-22-15-8-6-14(7-9-15)19(12(2)20)11-10-17-16(21)18-13-4-5-13/h6-9,13H,3-5,10-11H2,1-2H3,(H2,17,18,21). The van der Waals surface area contributed by atoms with Gasteiger partial charge in [0.05, 0.1) is 6.61 Å². The third kappa shape index (κ3) is 4.95. The number of urea groups is 1. The van der Waals surface area contributed by atoms with E-state index in [1.807, 2.05) is 31.2 Å². The maximum atomic E-state index is 11.8. The number of nitrogens with zero attached hydrogens (tertiary/aromatic N) is 1. The van der Waals surface area contributed by atoms with Crippen LogP contribution >= 0.6 is 0 Å². The number of benzene rings is 1.